The number of anilines is 1. The van der Waals surface area contributed by atoms with Crippen molar-refractivity contribution in [2.45, 2.75) is 0 Å². The fourth-order valence-electron chi connectivity index (χ4n) is 0.997. The quantitative estimate of drug-likeness (QED) is 0.691. The van der Waals surface area contributed by atoms with Gasteiger partial charge >= 0.3 is 0 Å². The van der Waals surface area contributed by atoms with Crippen molar-refractivity contribution in [1.82, 2.24) is 0 Å². The zero-order valence-corrected chi connectivity index (χ0v) is 8.71. The second-order valence-corrected chi connectivity index (χ2v) is 3.30. The second kappa shape index (κ2) is 4.97. The lowest BCUT2D eigenvalue weighted by molar-refractivity contribution is 0.343. The summed E-state index contributed by atoms with van der Waals surface area (Å²) in [5.41, 5.74) is 1.17. The summed E-state index contributed by atoms with van der Waals surface area (Å²) in [6.45, 7) is 0.558. The molecular weight excluding hydrogens is 186 g/mol. The fourth-order valence-corrected chi connectivity index (χ4v) is 1.07. The maximum atomic E-state index is 5.50. The Balaban J connectivity index is 2.59. The number of hydrogen-bond donors (Lipinski definition) is 0. The monoisotopic (exact) mass is 199 g/mol. The Morgan fingerprint density at radius 3 is 2.31 bits per heavy atom. The normalized spacial score (nSPS) is 9.77. The van der Waals surface area contributed by atoms with Crippen molar-refractivity contribution in [2.24, 2.45) is 0 Å². The van der Waals surface area contributed by atoms with E-state index >= 15 is 0 Å². The Morgan fingerprint density at radius 2 is 1.85 bits per heavy atom. The molecule has 0 saturated heterocycles. The van der Waals surface area contributed by atoms with Crippen molar-refractivity contribution >= 4 is 17.3 Å². The molecule has 0 aliphatic carbocycles. The van der Waals surface area contributed by atoms with Gasteiger partial charge < -0.3 is 9.64 Å². The van der Waals surface area contributed by atoms with Gasteiger partial charge in [0.05, 0.1) is 5.88 Å². The minimum absolute atomic E-state index is 0.523. The van der Waals surface area contributed by atoms with Gasteiger partial charge in [-0.05, 0) is 24.3 Å². The molecule has 2 nitrogen and oxygen atoms in total. The van der Waals surface area contributed by atoms with Gasteiger partial charge in [0.15, 0.2) is 0 Å². The number of nitrogens with zero attached hydrogens (tertiary/aromatic N) is 1. The van der Waals surface area contributed by atoms with Crippen LogP contribution in [0.4, 0.5) is 5.69 Å². The molecule has 72 valence electrons. The van der Waals surface area contributed by atoms with E-state index in [1.807, 2.05) is 43.3 Å². The van der Waals surface area contributed by atoms with E-state index in [0.29, 0.717) is 12.5 Å². The number of alkyl halides is 1. The number of ether oxygens (including phenoxy) is 1. The smallest absolute Gasteiger partial charge is 0.119 e. The van der Waals surface area contributed by atoms with E-state index in [1.165, 1.54) is 5.69 Å². The Kier molecular flexibility index (Phi) is 3.90. The first-order valence-electron chi connectivity index (χ1n) is 4.20. The molecule has 0 fully saturated rings. The third kappa shape index (κ3) is 3.15. The van der Waals surface area contributed by atoms with E-state index in [1.54, 1.807) is 0 Å². The van der Waals surface area contributed by atoms with Crippen LogP contribution < -0.4 is 9.64 Å². The van der Waals surface area contributed by atoms with Gasteiger partial charge in [0.1, 0.15) is 12.4 Å². The predicted octanol–water partition coefficient (Wildman–Crippen LogP) is 2.37. The van der Waals surface area contributed by atoms with Crippen molar-refractivity contribution < 1.29 is 4.74 Å². The molecule has 0 saturated carbocycles. The van der Waals surface area contributed by atoms with E-state index in [2.05, 4.69) is 0 Å². The summed E-state index contributed by atoms with van der Waals surface area (Å²) in [6, 6.07) is 7.93. The van der Waals surface area contributed by atoms with Crippen LogP contribution in [-0.4, -0.2) is 26.6 Å². The molecule has 0 atom stereocenters. The largest absolute Gasteiger partial charge is 0.492 e. The first kappa shape index (κ1) is 10.2. The van der Waals surface area contributed by atoms with Gasteiger partial charge in [-0.25, -0.2) is 0 Å². The van der Waals surface area contributed by atoms with Crippen LogP contribution in [0.3, 0.4) is 0 Å². The third-order valence-electron chi connectivity index (χ3n) is 1.70. The van der Waals surface area contributed by atoms with Gasteiger partial charge in [0.2, 0.25) is 0 Å². The van der Waals surface area contributed by atoms with Gasteiger partial charge in [-0.1, -0.05) is 0 Å². The lowest BCUT2D eigenvalue weighted by Crippen LogP contribution is -2.08. The minimum Gasteiger partial charge on any atom is -0.492 e. The molecule has 0 aromatic heterocycles. The van der Waals surface area contributed by atoms with E-state index < -0.39 is 0 Å². The van der Waals surface area contributed by atoms with Gasteiger partial charge in [-0.2, -0.15) is 0 Å². The Morgan fingerprint density at radius 1 is 1.23 bits per heavy atom. The average Bonchev–Trinajstić information content (AvgIpc) is 2.15. The molecule has 0 amide bonds. The maximum absolute atomic E-state index is 5.50. The van der Waals surface area contributed by atoms with Crippen LogP contribution in [0.15, 0.2) is 24.3 Å². The van der Waals surface area contributed by atoms with E-state index in [9.17, 15) is 0 Å². The van der Waals surface area contributed by atoms with Crippen LogP contribution in [0.1, 0.15) is 0 Å². The molecule has 0 aliphatic heterocycles. The molecule has 0 unspecified atom stereocenters. The summed E-state index contributed by atoms with van der Waals surface area (Å²) in [5.74, 6) is 1.39. The Hall–Kier alpha value is -0.890. The molecule has 0 heterocycles. The molecule has 1 aromatic carbocycles. The lowest BCUT2D eigenvalue weighted by atomic mass is 10.3. The van der Waals surface area contributed by atoms with Crippen LogP contribution >= 0.6 is 11.6 Å². The summed E-state index contributed by atoms with van der Waals surface area (Å²) >= 11 is 5.50. The van der Waals surface area contributed by atoms with Gasteiger partial charge in [0.25, 0.3) is 0 Å². The predicted molar refractivity (Wildman–Crippen MR) is 57.0 cm³/mol. The van der Waals surface area contributed by atoms with Crippen LogP contribution in [0.5, 0.6) is 5.75 Å². The SMILES string of the molecule is CN(C)c1ccc(OCCCl)cc1. The van der Waals surface area contributed by atoms with Crippen LogP contribution in [-0.2, 0) is 0 Å². The number of halogens is 1. The lowest BCUT2D eigenvalue weighted by Gasteiger charge is -2.12. The first-order chi connectivity index (χ1) is 6.24. The summed E-state index contributed by atoms with van der Waals surface area (Å²) in [7, 11) is 4.02. The highest BCUT2D eigenvalue weighted by Gasteiger charge is 1.95. The second-order valence-electron chi connectivity index (χ2n) is 2.93. The molecule has 3 heteroatoms. The molecule has 0 N–H and O–H groups in total. The van der Waals surface area contributed by atoms with Gasteiger partial charge in [0, 0.05) is 19.8 Å². The third-order valence-corrected chi connectivity index (χ3v) is 1.85. The van der Waals surface area contributed by atoms with E-state index in [4.69, 9.17) is 16.3 Å². The Labute approximate surface area is 84.1 Å². The standard InChI is InChI=1S/C10H14ClNO/c1-12(2)9-3-5-10(6-4-9)13-8-7-11/h3-6H,7-8H2,1-2H3. The topological polar surface area (TPSA) is 12.5 Å². The number of hydrogen-bond acceptors (Lipinski definition) is 2. The zero-order valence-electron chi connectivity index (χ0n) is 7.96. The highest BCUT2D eigenvalue weighted by molar-refractivity contribution is 6.17. The van der Waals surface area contributed by atoms with Crippen molar-refractivity contribution in [3.63, 3.8) is 0 Å². The summed E-state index contributed by atoms with van der Waals surface area (Å²) in [5, 5.41) is 0. The van der Waals surface area contributed by atoms with Crippen LogP contribution in [0, 0.1) is 0 Å². The van der Waals surface area contributed by atoms with Crippen molar-refractivity contribution in [1.29, 1.82) is 0 Å². The highest BCUT2D eigenvalue weighted by Crippen LogP contribution is 2.17. The highest BCUT2D eigenvalue weighted by atomic mass is 35.5. The van der Waals surface area contributed by atoms with E-state index in [0.717, 1.165) is 5.75 Å². The van der Waals surface area contributed by atoms with Crippen molar-refractivity contribution in [3.8, 4) is 5.75 Å². The molecule has 13 heavy (non-hydrogen) atoms. The van der Waals surface area contributed by atoms with Gasteiger partial charge in [-0.15, -0.1) is 11.6 Å². The fraction of sp³-hybridized carbons (Fsp3) is 0.400. The number of benzene rings is 1. The van der Waals surface area contributed by atoms with E-state index in [-0.39, 0.29) is 0 Å². The minimum atomic E-state index is 0.523. The summed E-state index contributed by atoms with van der Waals surface area (Å²) in [4.78, 5) is 2.05. The summed E-state index contributed by atoms with van der Waals surface area (Å²) in [6.07, 6.45) is 0. The maximum Gasteiger partial charge on any atom is 0.119 e. The molecule has 0 bridgehead atoms. The molecule has 0 spiro atoms. The Bertz CT molecular complexity index is 246. The van der Waals surface area contributed by atoms with Crippen LogP contribution in [0.2, 0.25) is 0 Å². The number of rotatable bonds is 4. The molecular formula is C10H14ClNO. The first-order valence-corrected chi connectivity index (χ1v) is 4.73. The summed E-state index contributed by atoms with van der Waals surface area (Å²) < 4.78 is 5.34. The molecule has 0 radical (unpaired) electrons. The van der Waals surface area contributed by atoms with Crippen molar-refractivity contribution in [2.75, 3.05) is 31.5 Å². The zero-order chi connectivity index (χ0) is 9.68. The van der Waals surface area contributed by atoms with Crippen LogP contribution in [0.25, 0.3) is 0 Å². The van der Waals surface area contributed by atoms with Crippen molar-refractivity contribution in [3.05, 3.63) is 24.3 Å². The molecule has 1 aromatic rings. The average molecular weight is 200 g/mol. The van der Waals surface area contributed by atoms with Gasteiger partial charge in [-0.3, -0.25) is 0 Å². The molecule has 1 rings (SSSR count). The molecule has 0 aliphatic rings.